The standard InChI is InChI=1S/C26H19Cl2F2N3O4/c27-15-3-7-19(21(28)9-15)24-25(37-24)23(34)14-1-5-17(6-2-14)36-11-20(26(35)33-13-31-12-32-33)18-8-4-16(29)10-22(18)30/h1-10,12-13,20,24-26,35H,11H2. The van der Waals surface area contributed by atoms with Crippen LogP contribution < -0.4 is 4.74 Å². The first kappa shape index (κ1) is 25.3. The lowest BCUT2D eigenvalue weighted by atomic mass is 9.97. The third-order valence-corrected chi connectivity index (χ3v) is 6.58. The Bertz CT molecular complexity index is 1420. The topological polar surface area (TPSA) is 89.8 Å². The summed E-state index contributed by atoms with van der Waals surface area (Å²) in [5, 5.41) is 15.6. The third kappa shape index (κ3) is 5.50. The molecule has 190 valence electrons. The van der Waals surface area contributed by atoms with E-state index in [-0.39, 0.29) is 18.0 Å². The zero-order chi connectivity index (χ0) is 26.1. The second kappa shape index (κ2) is 10.5. The number of nitrogens with zero attached hydrogens (tertiary/aromatic N) is 3. The van der Waals surface area contributed by atoms with Crippen LogP contribution >= 0.6 is 23.2 Å². The number of hydrogen-bond donors (Lipinski definition) is 1. The van der Waals surface area contributed by atoms with E-state index in [1.807, 2.05) is 0 Å². The van der Waals surface area contributed by atoms with Crippen molar-refractivity contribution in [3.05, 3.63) is 112 Å². The highest BCUT2D eigenvalue weighted by atomic mass is 35.5. The van der Waals surface area contributed by atoms with E-state index in [0.717, 1.165) is 16.8 Å². The first-order valence-corrected chi connectivity index (χ1v) is 11.9. The summed E-state index contributed by atoms with van der Waals surface area (Å²) in [5.41, 5.74) is 1.15. The second-order valence-electron chi connectivity index (χ2n) is 8.40. The van der Waals surface area contributed by atoms with Crippen LogP contribution in [0.3, 0.4) is 0 Å². The second-order valence-corrected chi connectivity index (χ2v) is 9.25. The molecule has 1 aliphatic heterocycles. The fourth-order valence-corrected chi connectivity index (χ4v) is 4.54. The van der Waals surface area contributed by atoms with Crippen molar-refractivity contribution in [2.45, 2.75) is 24.4 Å². The molecule has 37 heavy (non-hydrogen) atoms. The first-order chi connectivity index (χ1) is 17.8. The molecular weight excluding hydrogens is 527 g/mol. The fourth-order valence-electron chi connectivity index (χ4n) is 4.02. The lowest BCUT2D eigenvalue weighted by molar-refractivity contribution is 0.0409. The summed E-state index contributed by atoms with van der Waals surface area (Å²) in [6.45, 7) is -0.167. The molecule has 1 aromatic heterocycles. The van der Waals surface area contributed by atoms with Gasteiger partial charge in [0.05, 0.1) is 12.5 Å². The maximum atomic E-state index is 14.5. The van der Waals surface area contributed by atoms with Gasteiger partial charge in [-0.15, -0.1) is 0 Å². The van der Waals surface area contributed by atoms with E-state index in [0.29, 0.717) is 26.9 Å². The van der Waals surface area contributed by atoms with Gasteiger partial charge in [-0.05, 0) is 48.0 Å². The molecular formula is C26H19Cl2F2N3O4. The van der Waals surface area contributed by atoms with Crippen LogP contribution in [-0.2, 0) is 4.74 Å². The van der Waals surface area contributed by atoms with Gasteiger partial charge >= 0.3 is 0 Å². The van der Waals surface area contributed by atoms with Crippen LogP contribution in [0.25, 0.3) is 0 Å². The van der Waals surface area contributed by atoms with E-state index in [9.17, 15) is 18.7 Å². The van der Waals surface area contributed by atoms with Crippen molar-refractivity contribution >= 4 is 29.0 Å². The zero-order valence-corrected chi connectivity index (χ0v) is 20.5. The van der Waals surface area contributed by atoms with Crippen molar-refractivity contribution in [2.24, 2.45) is 0 Å². The Morgan fingerprint density at radius 2 is 1.89 bits per heavy atom. The lowest BCUT2D eigenvalue weighted by Crippen LogP contribution is -2.24. The SMILES string of the molecule is O=C(c1ccc(OCC(c2ccc(F)cc2F)C(O)n2cncn2)cc1)C1OC1c1ccc(Cl)cc1Cl. The largest absolute Gasteiger partial charge is 0.493 e. The molecule has 1 aliphatic rings. The minimum Gasteiger partial charge on any atom is -0.493 e. The molecule has 2 heterocycles. The Balaban J connectivity index is 1.27. The molecule has 0 bridgehead atoms. The van der Waals surface area contributed by atoms with Crippen LogP contribution in [0.1, 0.15) is 39.7 Å². The normalized spacial score (nSPS) is 18.3. The maximum Gasteiger partial charge on any atom is 0.194 e. The maximum absolute atomic E-state index is 14.5. The molecule has 1 fully saturated rings. The van der Waals surface area contributed by atoms with Gasteiger partial charge in [-0.25, -0.2) is 18.4 Å². The predicted molar refractivity (Wildman–Crippen MR) is 131 cm³/mol. The Hall–Kier alpha value is -3.37. The van der Waals surface area contributed by atoms with Crippen molar-refractivity contribution in [2.75, 3.05) is 6.61 Å². The average molecular weight is 546 g/mol. The predicted octanol–water partition coefficient (Wildman–Crippen LogP) is 5.54. The number of Topliss-reactive ketones (excluding diaryl/α,β-unsaturated/α-hetero) is 1. The van der Waals surface area contributed by atoms with Crippen LogP contribution in [0, 0.1) is 11.6 Å². The van der Waals surface area contributed by atoms with Gasteiger partial charge in [0, 0.05) is 27.2 Å². The van der Waals surface area contributed by atoms with Gasteiger partial charge in [0.1, 0.15) is 36.1 Å². The number of ether oxygens (including phenoxy) is 2. The molecule has 0 aliphatic carbocycles. The summed E-state index contributed by atoms with van der Waals surface area (Å²) in [7, 11) is 0. The van der Waals surface area contributed by atoms with Gasteiger partial charge in [0.25, 0.3) is 0 Å². The highest BCUT2D eigenvalue weighted by Gasteiger charge is 2.47. The Morgan fingerprint density at radius 3 is 2.57 bits per heavy atom. The summed E-state index contributed by atoms with van der Waals surface area (Å²) in [5.74, 6) is -2.34. The van der Waals surface area contributed by atoms with Crippen molar-refractivity contribution in [1.82, 2.24) is 14.8 Å². The summed E-state index contributed by atoms with van der Waals surface area (Å²) in [6, 6.07) is 14.4. The quantitative estimate of drug-likeness (QED) is 0.219. The highest BCUT2D eigenvalue weighted by Crippen LogP contribution is 2.44. The van der Waals surface area contributed by atoms with Crippen molar-refractivity contribution < 1.29 is 28.2 Å². The lowest BCUT2D eigenvalue weighted by Gasteiger charge is -2.24. The van der Waals surface area contributed by atoms with Crippen molar-refractivity contribution in [3.8, 4) is 5.75 Å². The van der Waals surface area contributed by atoms with E-state index >= 15 is 0 Å². The number of benzene rings is 3. The van der Waals surface area contributed by atoms with E-state index < -0.39 is 36.0 Å². The van der Waals surface area contributed by atoms with Gasteiger partial charge in [-0.1, -0.05) is 35.3 Å². The molecule has 0 amide bonds. The smallest absolute Gasteiger partial charge is 0.194 e. The molecule has 0 radical (unpaired) electrons. The van der Waals surface area contributed by atoms with Gasteiger partial charge in [0.2, 0.25) is 0 Å². The van der Waals surface area contributed by atoms with Crippen molar-refractivity contribution in [3.63, 3.8) is 0 Å². The van der Waals surface area contributed by atoms with Crippen LogP contribution in [0.2, 0.25) is 10.0 Å². The van der Waals surface area contributed by atoms with E-state index in [1.54, 1.807) is 42.5 Å². The number of rotatable bonds is 9. The molecule has 4 aromatic rings. The number of halogens is 4. The van der Waals surface area contributed by atoms with Gasteiger partial charge in [-0.3, -0.25) is 4.79 Å². The van der Waals surface area contributed by atoms with E-state index in [1.165, 1.54) is 18.7 Å². The number of aliphatic hydroxyl groups is 1. The highest BCUT2D eigenvalue weighted by molar-refractivity contribution is 6.35. The number of aromatic nitrogens is 3. The number of hydrogen-bond acceptors (Lipinski definition) is 6. The Labute approximate surface area is 220 Å². The minimum atomic E-state index is -1.33. The van der Waals surface area contributed by atoms with Gasteiger partial charge in [0.15, 0.2) is 18.1 Å². The molecule has 11 heteroatoms. The summed E-state index contributed by atoms with van der Waals surface area (Å²) in [6.07, 6.45) is 0.0792. The molecule has 0 spiro atoms. The molecule has 1 saturated heterocycles. The van der Waals surface area contributed by atoms with Crippen molar-refractivity contribution in [1.29, 1.82) is 0 Å². The van der Waals surface area contributed by atoms with E-state index in [4.69, 9.17) is 32.7 Å². The average Bonchev–Trinajstić information content (AvgIpc) is 3.46. The summed E-state index contributed by atoms with van der Waals surface area (Å²) in [4.78, 5) is 16.7. The molecule has 5 rings (SSSR count). The zero-order valence-electron chi connectivity index (χ0n) is 19.0. The number of aliphatic hydroxyl groups excluding tert-OH is 1. The Kier molecular flexibility index (Phi) is 7.21. The van der Waals surface area contributed by atoms with Crippen LogP contribution in [-0.4, -0.2) is 38.4 Å². The van der Waals surface area contributed by atoms with Crippen LogP contribution in [0.15, 0.2) is 73.3 Å². The third-order valence-electron chi connectivity index (χ3n) is 6.02. The molecule has 3 aromatic carbocycles. The van der Waals surface area contributed by atoms with Crippen LogP contribution in [0.4, 0.5) is 8.78 Å². The molecule has 4 unspecified atom stereocenters. The summed E-state index contributed by atoms with van der Waals surface area (Å²) < 4.78 is 40.5. The van der Waals surface area contributed by atoms with Gasteiger partial charge < -0.3 is 14.6 Å². The van der Waals surface area contributed by atoms with Gasteiger partial charge in [-0.2, -0.15) is 5.10 Å². The number of ketones is 1. The fraction of sp³-hybridized carbons (Fsp3) is 0.192. The molecule has 7 nitrogen and oxygen atoms in total. The van der Waals surface area contributed by atoms with Crippen LogP contribution in [0.5, 0.6) is 5.75 Å². The minimum absolute atomic E-state index is 0.0500. The van der Waals surface area contributed by atoms with E-state index in [2.05, 4.69) is 10.1 Å². The molecule has 4 atom stereocenters. The summed E-state index contributed by atoms with van der Waals surface area (Å²) >= 11 is 12.1. The Morgan fingerprint density at radius 1 is 1.11 bits per heavy atom. The number of carbonyl (C=O) groups excluding carboxylic acids is 1. The number of carbonyl (C=O) groups is 1. The molecule has 1 N–H and O–H groups in total. The first-order valence-electron chi connectivity index (χ1n) is 11.2. The molecule has 0 saturated carbocycles. The number of epoxide rings is 1. The monoisotopic (exact) mass is 545 g/mol.